The van der Waals surface area contributed by atoms with Crippen LogP contribution in [0.1, 0.15) is 61.0 Å². The lowest BCUT2D eigenvalue weighted by Crippen LogP contribution is -2.50. The second kappa shape index (κ2) is 11.9. The van der Waals surface area contributed by atoms with Crippen LogP contribution in [0.5, 0.6) is 5.88 Å². The van der Waals surface area contributed by atoms with Crippen LogP contribution in [-0.2, 0) is 11.2 Å². The normalized spacial score (nSPS) is 21.3. The Morgan fingerprint density at radius 1 is 1.34 bits per heavy atom. The van der Waals surface area contributed by atoms with E-state index in [1.54, 1.807) is 48.3 Å². The summed E-state index contributed by atoms with van der Waals surface area (Å²) in [7, 11) is 1.73. The number of pyridine rings is 2. The third kappa shape index (κ3) is 6.50. The van der Waals surface area contributed by atoms with Gasteiger partial charge in [-0.3, -0.25) is 14.6 Å². The summed E-state index contributed by atoms with van der Waals surface area (Å²) in [6.07, 6.45) is 7.80. The summed E-state index contributed by atoms with van der Waals surface area (Å²) in [6.45, 7) is 4.19. The first-order chi connectivity index (χ1) is 18.2. The van der Waals surface area contributed by atoms with Crippen LogP contribution in [-0.4, -0.2) is 86.3 Å². The Morgan fingerprint density at radius 3 is 2.79 bits per heavy atom. The predicted molar refractivity (Wildman–Crippen MR) is 141 cm³/mol. The SMILES string of the molecule is C[C@H]1CN([C@@H](C)CO)C(=O)c2cc(C#CC3(O)CCCC3)cnc2O[C@@H]1CN(C)C(=O)Cc1cccnc1. The number of amides is 2. The summed E-state index contributed by atoms with van der Waals surface area (Å²) in [6, 6.07) is 4.87. The van der Waals surface area contributed by atoms with Crippen LogP contribution < -0.4 is 4.74 Å². The number of nitrogens with zero attached hydrogens (tertiary/aromatic N) is 4. The van der Waals surface area contributed by atoms with E-state index in [-0.39, 0.29) is 42.2 Å². The van der Waals surface area contributed by atoms with E-state index in [9.17, 15) is 19.8 Å². The first kappa shape index (κ1) is 27.6. The maximum atomic E-state index is 13.6. The van der Waals surface area contributed by atoms with Crippen LogP contribution in [0, 0.1) is 17.8 Å². The third-order valence-electron chi connectivity index (χ3n) is 7.35. The maximum absolute atomic E-state index is 13.6. The summed E-state index contributed by atoms with van der Waals surface area (Å²) in [4.78, 5) is 38.2. The predicted octanol–water partition coefficient (Wildman–Crippen LogP) is 2.05. The van der Waals surface area contributed by atoms with Crippen molar-refractivity contribution in [1.82, 2.24) is 19.8 Å². The molecule has 1 aliphatic heterocycles. The smallest absolute Gasteiger partial charge is 0.259 e. The number of hydrogen-bond acceptors (Lipinski definition) is 7. The number of aliphatic hydroxyl groups excluding tert-OH is 1. The minimum Gasteiger partial charge on any atom is -0.472 e. The molecule has 2 aliphatic rings. The summed E-state index contributed by atoms with van der Waals surface area (Å²) >= 11 is 0. The highest BCUT2D eigenvalue weighted by molar-refractivity contribution is 5.97. The van der Waals surface area contributed by atoms with Crippen molar-refractivity contribution in [2.45, 2.75) is 63.7 Å². The Bertz CT molecular complexity index is 1200. The Balaban J connectivity index is 1.60. The van der Waals surface area contributed by atoms with Crippen LogP contribution in [0.3, 0.4) is 0 Å². The molecule has 0 aromatic carbocycles. The first-order valence-corrected chi connectivity index (χ1v) is 13.2. The number of hydrogen-bond donors (Lipinski definition) is 2. The second-order valence-corrected chi connectivity index (χ2v) is 10.5. The molecule has 0 radical (unpaired) electrons. The average molecular weight is 521 g/mol. The number of aromatic nitrogens is 2. The molecular weight excluding hydrogens is 484 g/mol. The lowest BCUT2D eigenvalue weighted by molar-refractivity contribution is -0.130. The monoisotopic (exact) mass is 520 g/mol. The van der Waals surface area contributed by atoms with Gasteiger partial charge >= 0.3 is 0 Å². The van der Waals surface area contributed by atoms with Crippen LogP contribution in [0.4, 0.5) is 0 Å². The number of aliphatic hydroxyl groups is 2. The number of ether oxygens (including phenoxy) is 1. The fourth-order valence-electron chi connectivity index (χ4n) is 4.85. The van der Waals surface area contributed by atoms with E-state index in [1.165, 1.54) is 6.20 Å². The van der Waals surface area contributed by atoms with Crippen molar-refractivity contribution in [2.24, 2.45) is 5.92 Å². The summed E-state index contributed by atoms with van der Waals surface area (Å²) in [5.74, 6) is 5.59. The van der Waals surface area contributed by atoms with Crippen molar-refractivity contribution < 1.29 is 24.5 Å². The molecule has 0 saturated heterocycles. The van der Waals surface area contributed by atoms with Crippen molar-refractivity contribution in [3.8, 4) is 17.7 Å². The molecule has 2 aromatic rings. The van der Waals surface area contributed by atoms with Gasteiger partial charge in [-0.25, -0.2) is 4.98 Å². The molecule has 3 heterocycles. The van der Waals surface area contributed by atoms with Crippen LogP contribution in [0.2, 0.25) is 0 Å². The number of fused-ring (bicyclic) bond motifs is 1. The molecule has 1 aliphatic carbocycles. The van der Waals surface area contributed by atoms with E-state index >= 15 is 0 Å². The zero-order chi connectivity index (χ0) is 27.3. The van der Waals surface area contributed by atoms with E-state index in [2.05, 4.69) is 21.8 Å². The molecule has 9 heteroatoms. The highest BCUT2D eigenvalue weighted by atomic mass is 16.5. The molecule has 0 bridgehead atoms. The minimum absolute atomic E-state index is 0.0730. The lowest BCUT2D eigenvalue weighted by atomic mass is 9.99. The van der Waals surface area contributed by atoms with Crippen LogP contribution in [0.25, 0.3) is 0 Å². The molecule has 3 atom stereocenters. The summed E-state index contributed by atoms with van der Waals surface area (Å²) in [5.41, 5.74) is 0.575. The van der Waals surface area contributed by atoms with Gasteiger partial charge < -0.3 is 24.7 Å². The number of rotatable bonds is 6. The van der Waals surface area contributed by atoms with Gasteiger partial charge in [-0.05, 0) is 50.3 Å². The van der Waals surface area contributed by atoms with Crippen molar-refractivity contribution in [2.75, 3.05) is 26.7 Å². The molecular formula is C29H36N4O5. The first-order valence-electron chi connectivity index (χ1n) is 13.2. The highest BCUT2D eigenvalue weighted by Gasteiger charge is 2.35. The van der Waals surface area contributed by atoms with Gasteiger partial charge in [-0.15, -0.1) is 0 Å². The molecule has 9 nitrogen and oxygen atoms in total. The Kier molecular flexibility index (Phi) is 8.65. The van der Waals surface area contributed by atoms with Gasteiger partial charge in [0.1, 0.15) is 17.3 Å². The van der Waals surface area contributed by atoms with Crippen LogP contribution >= 0.6 is 0 Å². The van der Waals surface area contributed by atoms with Crippen LogP contribution in [0.15, 0.2) is 36.8 Å². The van der Waals surface area contributed by atoms with Gasteiger partial charge in [0.05, 0.1) is 25.6 Å². The zero-order valence-corrected chi connectivity index (χ0v) is 22.3. The topological polar surface area (TPSA) is 116 Å². The van der Waals surface area contributed by atoms with Crippen molar-refractivity contribution >= 4 is 11.8 Å². The highest BCUT2D eigenvalue weighted by Crippen LogP contribution is 2.30. The molecule has 1 saturated carbocycles. The molecule has 1 fully saturated rings. The number of likely N-dealkylation sites (N-methyl/N-ethyl adjacent to an activating group) is 1. The van der Waals surface area contributed by atoms with E-state index in [4.69, 9.17) is 4.74 Å². The Morgan fingerprint density at radius 2 is 2.11 bits per heavy atom. The summed E-state index contributed by atoms with van der Waals surface area (Å²) in [5, 5.41) is 20.5. The molecule has 2 aromatic heterocycles. The number of carbonyl (C=O) groups excluding carboxylic acids is 2. The van der Waals surface area contributed by atoms with Gasteiger partial charge in [0, 0.05) is 43.7 Å². The van der Waals surface area contributed by atoms with Crippen molar-refractivity contribution in [3.05, 3.63) is 53.5 Å². The molecule has 2 N–H and O–H groups in total. The Labute approximate surface area is 223 Å². The fourth-order valence-corrected chi connectivity index (χ4v) is 4.85. The Hall–Kier alpha value is -3.48. The minimum atomic E-state index is -1.00. The lowest BCUT2D eigenvalue weighted by Gasteiger charge is -2.37. The molecule has 38 heavy (non-hydrogen) atoms. The summed E-state index contributed by atoms with van der Waals surface area (Å²) < 4.78 is 6.28. The number of carbonyl (C=O) groups is 2. The van der Waals surface area contributed by atoms with E-state index in [0.29, 0.717) is 31.5 Å². The molecule has 2 amide bonds. The van der Waals surface area contributed by atoms with E-state index in [0.717, 1.165) is 18.4 Å². The van der Waals surface area contributed by atoms with Gasteiger partial charge in [0.15, 0.2) is 0 Å². The van der Waals surface area contributed by atoms with E-state index < -0.39 is 17.7 Å². The van der Waals surface area contributed by atoms with E-state index in [1.807, 2.05) is 13.0 Å². The molecule has 202 valence electrons. The van der Waals surface area contributed by atoms with Crippen molar-refractivity contribution in [1.29, 1.82) is 0 Å². The third-order valence-corrected chi connectivity index (χ3v) is 7.35. The molecule has 4 rings (SSSR count). The molecule has 0 unspecified atom stereocenters. The largest absolute Gasteiger partial charge is 0.472 e. The quantitative estimate of drug-likeness (QED) is 0.560. The van der Waals surface area contributed by atoms with Gasteiger partial charge in [0.2, 0.25) is 11.8 Å². The zero-order valence-electron chi connectivity index (χ0n) is 22.3. The maximum Gasteiger partial charge on any atom is 0.259 e. The van der Waals surface area contributed by atoms with Crippen molar-refractivity contribution in [3.63, 3.8) is 0 Å². The molecule has 0 spiro atoms. The van der Waals surface area contributed by atoms with Gasteiger partial charge in [-0.2, -0.15) is 0 Å². The fraction of sp³-hybridized carbons (Fsp3) is 0.517. The standard InChI is InChI=1S/C29H36N4O5/c1-20-17-33(21(2)19-34)28(36)24-13-23(8-11-29(37)9-4-5-10-29)16-31-27(24)38-25(20)18-32(3)26(35)14-22-7-6-12-30-15-22/h6-7,12-13,15-16,20-21,25,34,37H,4-5,9-10,14,17-19H2,1-3H3/t20-,21-,25+/m0/s1. The van der Waals surface area contributed by atoms with Gasteiger partial charge in [-0.1, -0.05) is 24.8 Å². The van der Waals surface area contributed by atoms with Gasteiger partial charge in [0.25, 0.3) is 5.91 Å². The second-order valence-electron chi connectivity index (χ2n) is 10.5. The average Bonchev–Trinajstić information content (AvgIpc) is 3.36.